The molecule has 1 atom stereocenters. The summed E-state index contributed by atoms with van der Waals surface area (Å²) < 4.78 is 11.1. The Morgan fingerprint density at radius 2 is 1.61 bits per heavy atom. The predicted molar refractivity (Wildman–Crippen MR) is 149 cm³/mol. The minimum Gasteiger partial charge on any atom is -0.497 e. The highest BCUT2D eigenvalue weighted by molar-refractivity contribution is 5.89. The van der Waals surface area contributed by atoms with Crippen molar-refractivity contribution < 1.29 is 19.1 Å². The highest BCUT2D eigenvalue weighted by Crippen LogP contribution is 2.26. The third-order valence-corrected chi connectivity index (χ3v) is 6.74. The second-order valence-corrected chi connectivity index (χ2v) is 9.43. The van der Waals surface area contributed by atoms with E-state index >= 15 is 0 Å². The van der Waals surface area contributed by atoms with Crippen LogP contribution in [0.25, 0.3) is 0 Å². The summed E-state index contributed by atoms with van der Waals surface area (Å²) in [5.74, 6) is 0.859. The SMILES string of the molecule is COc1ccc(CN(C(=O)COc2ccccc2)[C@@H](C(=O)NCCC2=CCCCC2)c2ccccc2)cc1. The van der Waals surface area contributed by atoms with Gasteiger partial charge in [-0.15, -0.1) is 0 Å². The molecule has 0 unspecified atom stereocenters. The van der Waals surface area contributed by atoms with Crippen LogP contribution in [0, 0.1) is 0 Å². The number of allylic oxidation sites excluding steroid dienone is 1. The maximum Gasteiger partial charge on any atom is 0.261 e. The Balaban J connectivity index is 1.57. The lowest BCUT2D eigenvalue weighted by molar-refractivity contribution is -0.143. The van der Waals surface area contributed by atoms with Crippen molar-refractivity contribution in [2.75, 3.05) is 20.3 Å². The zero-order valence-corrected chi connectivity index (χ0v) is 22.0. The Kier molecular flexibility index (Phi) is 9.96. The van der Waals surface area contributed by atoms with Crippen molar-refractivity contribution in [2.24, 2.45) is 0 Å². The molecule has 1 N–H and O–H groups in total. The number of nitrogens with one attached hydrogen (secondary N) is 1. The van der Waals surface area contributed by atoms with Crippen molar-refractivity contribution in [1.29, 1.82) is 0 Å². The monoisotopic (exact) mass is 512 g/mol. The third kappa shape index (κ3) is 7.72. The molecule has 38 heavy (non-hydrogen) atoms. The average Bonchev–Trinajstić information content (AvgIpc) is 2.97. The molecule has 0 heterocycles. The van der Waals surface area contributed by atoms with Gasteiger partial charge >= 0.3 is 0 Å². The van der Waals surface area contributed by atoms with E-state index in [-0.39, 0.29) is 25.0 Å². The molecule has 6 nitrogen and oxygen atoms in total. The van der Waals surface area contributed by atoms with Gasteiger partial charge in [-0.25, -0.2) is 0 Å². The van der Waals surface area contributed by atoms with Crippen molar-refractivity contribution in [3.8, 4) is 11.5 Å². The van der Waals surface area contributed by atoms with Crippen LogP contribution in [0.5, 0.6) is 11.5 Å². The summed E-state index contributed by atoms with van der Waals surface area (Å²) in [7, 11) is 1.62. The summed E-state index contributed by atoms with van der Waals surface area (Å²) >= 11 is 0. The Morgan fingerprint density at radius 3 is 2.26 bits per heavy atom. The molecule has 0 aromatic heterocycles. The fourth-order valence-electron chi connectivity index (χ4n) is 4.68. The van der Waals surface area contributed by atoms with Gasteiger partial charge in [-0.05, 0) is 67.5 Å². The van der Waals surface area contributed by atoms with E-state index < -0.39 is 6.04 Å². The quantitative estimate of drug-likeness (QED) is 0.309. The molecule has 0 saturated carbocycles. The van der Waals surface area contributed by atoms with E-state index in [0.29, 0.717) is 12.3 Å². The topological polar surface area (TPSA) is 67.9 Å². The Hall–Kier alpha value is -4.06. The molecule has 0 radical (unpaired) electrons. The molecule has 0 aliphatic heterocycles. The lowest BCUT2D eigenvalue weighted by atomic mass is 9.97. The van der Waals surface area contributed by atoms with Crippen LogP contribution in [0.3, 0.4) is 0 Å². The Morgan fingerprint density at radius 1 is 0.895 bits per heavy atom. The molecule has 198 valence electrons. The summed E-state index contributed by atoms with van der Waals surface area (Å²) in [5, 5.41) is 3.11. The molecule has 0 bridgehead atoms. The van der Waals surface area contributed by atoms with E-state index in [1.807, 2.05) is 84.9 Å². The van der Waals surface area contributed by atoms with Crippen molar-refractivity contribution in [3.05, 3.63) is 108 Å². The molecule has 3 aromatic carbocycles. The number of carbonyl (C=O) groups excluding carboxylic acids is 2. The van der Waals surface area contributed by atoms with Crippen molar-refractivity contribution in [3.63, 3.8) is 0 Å². The highest BCUT2D eigenvalue weighted by atomic mass is 16.5. The lowest BCUT2D eigenvalue weighted by Crippen LogP contribution is -2.45. The summed E-state index contributed by atoms with van der Waals surface area (Å²) in [6, 6.07) is 25.4. The average molecular weight is 513 g/mol. The number of para-hydroxylation sites is 1. The first kappa shape index (κ1) is 27.0. The van der Waals surface area contributed by atoms with Gasteiger partial charge in [0.15, 0.2) is 6.61 Å². The highest BCUT2D eigenvalue weighted by Gasteiger charge is 2.31. The number of ether oxygens (including phenoxy) is 2. The number of amides is 2. The molecule has 6 heteroatoms. The van der Waals surface area contributed by atoms with Crippen molar-refractivity contribution in [2.45, 2.75) is 44.7 Å². The van der Waals surface area contributed by atoms with E-state index in [1.165, 1.54) is 18.4 Å². The van der Waals surface area contributed by atoms with Gasteiger partial charge in [0.1, 0.15) is 17.5 Å². The number of carbonyl (C=O) groups is 2. The molecule has 0 spiro atoms. The number of benzene rings is 3. The molecule has 1 aliphatic rings. The van der Waals surface area contributed by atoms with Gasteiger partial charge in [0.2, 0.25) is 5.91 Å². The first-order valence-corrected chi connectivity index (χ1v) is 13.2. The standard InChI is InChI=1S/C32H36N2O4/c1-37-28-19-17-26(18-20-28)23-34(30(35)24-38-29-15-9-4-10-16-29)31(27-13-7-3-8-14-27)32(36)33-22-21-25-11-5-2-6-12-25/h3-4,7-11,13-20,31H,2,5-6,12,21-24H2,1H3,(H,33,36)/t31-/m1/s1. The Labute approximate surface area is 225 Å². The van der Waals surface area contributed by atoms with Gasteiger partial charge in [0.05, 0.1) is 7.11 Å². The predicted octanol–water partition coefficient (Wildman–Crippen LogP) is 5.85. The van der Waals surface area contributed by atoms with E-state index in [4.69, 9.17) is 9.47 Å². The van der Waals surface area contributed by atoms with Crippen molar-refractivity contribution >= 4 is 11.8 Å². The van der Waals surface area contributed by atoms with E-state index in [9.17, 15) is 9.59 Å². The lowest BCUT2D eigenvalue weighted by Gasteiger charge is -2.31. The van der Waals surface area contributed by atoms with Gasteiger partial charge in [0.25, 0.3) is 5.91 Å². The fourth-order valence-corrected chi connectivity index (χ4v) is 4.68. The number of hydrogen-bond donors (Lipinski definition) is 1. The second kappa shape index (κ2) is 14.0. The van der Waals surface area contributed by atoms with Crippen LogP contribution in [-0.4, -0.2) is 37.0 Å². The van der Waals surface area contributed by atoms with E-state index in [2.05, 4.69) is 11.4 Å². The fraction of sp³-hybridized carbons (Fsp3) is 0.312. The van der Waals surface area contributed by atoms with Gasteiger partial charge in [-0.3, -0.25) is 9.59 Å². The zero-order valence-electron chi connectivity index (χ0n) is 22.0. The molecule has 2 amide bonds. The summed E-state index contributed by atoms with van der Waals surface area (Å²) in [4.78, 5) is 29.0. The van der Waals surface area contributed by atoms with Crippen LogP contribution in [0.15, 0.2) is 96.6 Å². The summed E-state index contributed by atoms with van der Waals surface area (Å²) in [6.45, 7) is 0.613. The molecular weight excluding hydrogens is 476 g/mol. The second-order valence-electron chi connectivity index (χ2n) is 9.43. The van der Waals surface area contributed by atoms with Crippen LogP contribution in [0.4, 0.5) is 0 Å². The Bertz CT molecular complexity index is 1190. The number of rotatable bonds is 12. The number of hydrogen-bond acceptors (Lipinski definition) is 4. The first-order chi connectivity index (χ1) is 18.6. The summed E-state index contributed by atoms with van der Waals surface area (Å²) in [5.41, 5.74) is 3.04. The number of methoxy groups -OCH3 is 1. The molecular formula is C32H36N2O4. The van der Waals surface area contributed by atoms with Gasteiger partial charge in [-0.1, -0.05) is 72.3 Å². The molecule has 3 aromatic rings. The largest absolute Gasteiger partial charge is 0.497 e. The van der Waals surface area contributed by atoms with Crippen LogP contribution >= 0.6 is 0 Å². The van der Waals surface area contributed by atoms with Gasteiger partial charge in [0, 0.05) is 13.1 Å². The first-order valence-electron chi connectivity index (χ1n) is 13.2. The van der Waals surface area contributed by atoms with E-state index in [1.54, 1.807) is 12.0 Å². The van der Waals surface area contributed by atoms with Gasteiger partial charge in [-0.2, -0.15) is 0 Å². The van der Waals surface area contributed by atoms with Crippen LogP contribution in [0.1, 0.15) is 49.3 Å². The minimum atomic E-state index is -0.800. The zero-order chi connectivity index (χ0) is 26.6. The smallest absolute Gasteiger partial charge is 0.261 e. The minimum absolute atomic E-state index is 0.177. The maximum absolute atomic E-state index is 13.7. The number of nitrogens with zero attached hydrogens (tertiary/aromatic N) is 1. The van der Waals surface area contributed by atoms with E-state index in [0.717, 1.165) is 36.1 Å². The maximum atomic E-state index is 13.7. The normalized spacial score (nSPS) is 13.7. The molecule has 0 fully saturated rings. The van der Waals surface area contributed by atoms with Crippen LogP contribution < -0.4 is 14.8 Å². The molecule has 4 rings (SSSR count). The third-order valence-electron chi connectivity index (χ3n) is 6.74. The van der Waals surface area contributed by atoms with Crippen molar-refractivity contribution in [1.82, 2.24) is 10.2 Å². The summed E-state index contributed by atoms with van der Waals surface area (Å²) in [6.07, 6.45) is 7.78. The van der Waals surface area contributed by atoms with Crippen LogP contribution in [0.2, 0.25) is 0 Å². The van der Waals surface area contributed by atoms with Crippen LogP contribution in [-0.2, 0) is 16.1 Å². The molecule has 1 aliphatic carbocycles. The van der Waals surface area contributed by atoms with Gasteiger partial charge < -0.3 is 19.7 Å². The molecule has 0 saturated heterocycles.